The average molecular weight is 451 g/mol. The Kier molecular flexibility index (Phi) is 6.14. The van der Waals surface area contributed by atoms with Crippen LogP contribution in [0.1, 0.15) is 39.5 Å². The molecule has 2 aromatic rings. The molecule has 1 aromatic heterocycles. The predicted molar refractivity (Wildman–Crippen MR) is 113 cm³/mol. The number of carbonyl (C=O) groups excluding carboxylic acids is 1. The summed E-state index contributed by atoms with van der Waals surface area (Å²) in [5.74, 6) is -0.271. The Hall–Kier alpha value is -2.30. The highest BCUT2D eigenvalue weighted by atomic mass is 32.2. The second-order valence-electron chi connectivity index (χ2n) is 8.48. The zero-order valence-electron chi connectivity index (χ0n) is 17.6. The van der Waals surface area contributed by atoms with E-state index >= 15 is 0 Å². The highest BCUT2D eigenvalue weighted by Gasteiger charge is 2.45. The van der Waals surface area contributed by atoms with Crippen molar-refractivity contribution in [3.8, 4) is 5.69 Å². The molecular weight excluding hydrogens is 423 g/mol. The van der Waals surface area contributed by atoms with E-state index in [-0.39, 0.29) is 36.4 Å². The fourth-order valence-corrected chi connectivity index (χ4v) is 6.02. The summed E-state index contributed by atoms with van der Waals surface area (Å²) in [4.78, 5) is 12.7. The monoisotopic (exact) mass is 450 g/mol. The molecule has 168 valence electrons. The van der Waals surface area contributed by atoms with Gasteiger partial charge in [-0.05, 0) is 43.7 Å². The van der Waals surface area contributed by atoms with Crippen LogP contribution in [0.3, 0.4) is 0 Å². The van der Waals surface area contributed by atoms with Gasteiger partial charge in [-0.1, -0.05) is 26.0 Å². The Morgan fingerprint density at radius 2 is 1.90 bits per heavy atom. The van der Waals surface area contributed by atoms with Gasteiger partial charge in [0.05, 0.1) is 12.6 Å². The third-order valence-electron chi connectivity index (χ3n) is 6.11. The van der Waals surface area contributed by atoms with Gasteiger partial charge in [0, 0.05) is 24.2 Å². The number of amides is 1. The van der Waals surface area contributed by atoms with Crippen molar-refractivity contribution < 1.29 is 21.8 Å². The molecule has 1 N–H and O–H groups in total. The van der Waals surface area contributed by atoms with E-state index in [0.717, 1.165) is 0 Å². The molecule has 1 aliphatic heterocycles. The van der Waals surface area contributed by atoms with Gasteiger partial charge < -0.3 is 5.32 Å². The van der Waals surface area contributed by atoms with Gasteiger partial charge in [0.2, 0.25) is 5.91 Å². The Balaban J connectivity index is 1.36. The summed E-state index contributed by atoms with van der Waals surface area (Å²) in [7, 11) is -3.70. The number of carbonyl (C=O) groups is 1. The number of hydrogen-bond donors (Lipinski definition) is 1. The quantitative estimate of drug-likeness (QED) is 0.756. The second-order valence-corrected chi connectivity index (χ2v) is 9.99. The van der Waals surface area contributed by atoms with Gasteiger partial charge in [-0.3, -0.25) is 8.98 Å². The number of hydrogen-bond acceptors (Lipinski definition) is 5. The maximum absolute atomic E-state index is 13.9. The van der Waals surface area contributed by atoms with Crippen LogP contribution in [-0.4, -0.2) is 47.1 Å². The first kappa shape index (κ1) is 21.9. The van der Waals surface area contributed by atoms with Gasteiger partial charge in [-0.15, -0.1) is 5.10 Å². The molecule has 8 nitrogen and oxygen atoms in total. The Labute approximate surface area is 181 Å². The standard InChI is InChI=1S/C21H27FN4O4S/c1-14(2)19-13-30-31(28,29)26(19)16-9-7-15(8-10-16)21(27)23-20-11-12-25(24-20)18-6-4-3-5-17(18)22/h3-6,11-12,14-16,19H,7-10,13H2,1-2H3,(H,23,24,27)/t15?,16?,19-/m1/s1. The maximum Gasteiger partial charge on any atom is 0.339 e. The minimum absolute atomic E-state index is 0.149. The largest absolute Gasteiger partial charge is 0.339 e. The molecule has 2 fully saturated rings. The van der Waals surface area contributed by atoms with Gasteiger partial charge in [-0.25, -0.2) is 9.07 Å². The molecule has 31 heavy (non-hydrogen) atoms. The van der Waals surface area contributed by atoms with E-state index in [2.05, 4.69) is 10.4 Å². The van der Waals surface area contributed by atoms with Crippen molar-refractivity contribution in [3.63, 3.8) is 0 Å². The van der Waals surface area contributed by atoms with Gasteiger partial charge in [0.15, 0.2) is 5.82 Å². The van der Waals surface area contributed by atoms with Crippen LogP contribution < -0.4 is 5.32 Å². The lowest BCUT2D eigenvalue weighted by molar-refractivity contribution is -0.121. The summed E-state index contributed by atoms with van der Waals surface area (Å²) in [6, 6.07) is 7.58. The lowest BCUT2D eigenvalue weighted by atomic mass is 9.84. The lowest BCUT2D eigenvalue weighted by Crippen LogP contribution is -2.47. The summed E-state index contributed by atoms with van der Waals surface area (Å²) in [5, 5.41) is 7.04. The summed E-state index contributed by atoms with van der Waals surface area (Å²) < 4.78 is 46.6. The normalized spacial score (nSPS) is 26.3. The van der Waals surface area contributed by atoms with Crippen molar-refractivity contribution in [2.75, 3.05) is 11.9 Å². The van der Waals surface area contributed by atoms with E-state index in [0.29, 0.717) is 37.2 Å². The SMILES string of the molecule is CC(C)[C@H]1COS(=O)(=O)N1C1CCC(C(=O)Nc2ccn(-c3ccccc3F)n2)CC1. The summed E-state index contributed by atoms with van der Waals surface area (Å²) in [5.41, 5.74) is 0.303. The zero-order chi connectivity index (χ0) is 22.2. The van der Waals surface area contributed by atoms with Crippen molar-refractivity contribution in [2.45, 2.75) is 51.6 Å². The van der Waals surface area contributed by atoms with Crippen LogP contribution in [0.4, 0.5) is 10.2 Å². The smallest absolute Gasteiger partial charge is 0.309 e. The topological polar surface area (TPSA) is 93.5 Å². The van der Waals surface area contributed by atoms with Gasteiger partial charge in [-0.2, -0.15) is 12.7 Å². The van der Waals surface area contributed by atoms with Crippen LogP contribution in [-0.2, 0) is 19.3 Å². The van der Waals surface area contributed by atoms with Crippen molar-refractivity contribution in [1.29, 1.82) is 0 Å². The third-order valence-corrected chi connectivity index (χ3v) is 7.63. The molecule has 2 heterocycles. The van der Waals surface area contributed by atoms with Crippen LogP contribution in [0.5, 0.6) is 0 Å². The molecule has 1 saturated carbocycles. The van der Waals surface area contributed by atoms with Crippen LogP contribution in [0, 0.1) is 17.7 Å². The van der Waals surface area contributed by atoms with Gasteiger partial charge in [0.1, 0.15) is 11.5 Å². The van der Waals surface area contributed by atoms with Crippen LogP contribution >= 0.6 is 0 Å². The van der Waals surface area contributed by atoms with Gasteiger partial charge >= 0.3 is 10.3 Å². The van der Waals surface area contributed by atoms with Crippen molar-refractivity contribution in [2.24, 2.45) is 11.8 Å². The maximum atomic E-state index is 13.9. The summed E-state index contributed by atoms with van der Waals surface area (Å²) in [6.07, 6.45) is 3.97. The van der Waals surface area contributed by atoms with Crippen molar-refractivity contribution in [1.82, 2.24) is 14.1 Å². The van der Waals surface area contributed by atoms with E-state index in [1.54, 1.807) is 30.5 Å². The van der Waals surface area contributed by atoms with Crippen molar-refractivity contribution in [3.05, 3.63) is 42.3 Å². The van der Waals surface area contributed by atoms with Gasteiger partial charge in [0.25, 0.3) is 0 Å². The predicted octanol–water partition coefficient (Wildman–Crippen LogP) is 3.11. The first-order chi connectivity index (χ1) is 14.8. The molecule has 1 aliphatic carbocycles. The molecule has 0 bridgehead atoms. The minimum atomic E-state index is -3.70. The number of aromatic nitrogens is 2. The molecule has 1 saturated heterocycles. The number of benzene rings is 1. The molecule has 1 aromatic carbocycles. The zero-order valence-corrected chi connectivity index (χ0v) is 18.4. The highest BCUT2D eigenvalue weighted by Crippen LogP contribution is 2.35. The highest BCUT2D eigenvalue weighted by molar-refractivity contribution is 7.84. The summed E-state index contributed by atoms with van der Waals surface area (Å²) >= 11 is 0. The number of anilines is 1. The molecule has 1 amide bonds. The van der Waals surface area contributed by atoms with Crippen molar-refractivity contribution >= 4 is 22.0 Å². The van der Waals surface area contributed by atoms with E-state index in [1.807, 2.05) is 13.8 Å². The molecule has 0 spiro atoms. The van der Waals surface area contributed by atoms with E-state index in [4.69, 9.17) is 4.18 Å². The number of nitrogens with zero attached hydrogens (tertiary/aromatic N) is 3. The van der Waals surface area contributed by atoms with Crippen LogP contribution in [0.2, 0.25) is 0 Å². The number of para-hydroxylation sites is 1. The molecule has 4 rings (SSSR count). The molecular formula is C21H27FN4O4S. The Bertz CT molecular complexity index is 1050. The minimum Gasteiger partial charge on any atom is -0.309 e. The molecule has 0 unspecified atom stereocenters. The summed E-state index contributed by atoms with van der Waals surface area (Å²) in [6.45, 7) is 4.16. The van der Waals surface area contributed by atoms with E-state index < -0.39 is 16.1 Å². The molecule has 2 aliphatic rings. The first-order valence-corrected chi connectivity index (χ1v) is 11.9. The Morgan fingerprint density at radius 1 is 1.19 bits per heavy atom. The van der Waals surface area contributed by atoms with Crippen LogP contribution in [0.25, 0.3) is 5.69 Å². The average Bonchev–Trinajstić information content (AvgIpc) is 3.32. The first-order valence-electron chi connectivity index (χ1n) is 10.6. The molecule has 1 atom stereocenters. The molecule has 0 radical (unpaired) electrons. The number of nitrogens with one attached hydrogen (secondary N) is 1. The number of halogens is 1. The fraction of sp³-hybridized carbons (Fsp3) is 0.524. The van der Waals surface area contributed by atoms with E-state index in [1.165, 1.54) is 15.1 Å². The number of rotatable bonds is 5. The van der Waals surface area contributed by atoms with Crippen LogP contribution in [0.15, 0.2) is 36.5 Å². The Morgan fingerprint density at radius 3 is 2.58 bits per heavy atom. The fourth-order valence-electron chi connectivity index (χ4n) is 4.38. The van der Waals surface area contributed by atoms with E-state index in [9.17, 15) is 17.6 Å². The lowest BCUT2D eigenvalue weighted by Gasteiger charge is -2.35. The second kappa shape index (κ2) is 8.68. The molecule has 10 heteroatoms. The third kappa shape index (κ3) is 4.51.